The van der Waals surface area contributed by atoms with E-state index in [0.717, 1.165) is 0 Å². The van der Waals surface area contributed by atoms with Gasteiger partial charge in [-0.1, -0.05) is 0 Å². The lowest BCUT2D eigenvalue weighted by Crippen LogP contribution is -2.68. The first-order chi connectivity index (χ1) is 12.2. The van der Waals surface area contributed by atoms with Crippen molar-refractivity contribution >= 4 is 42.4 Å². The minimum atomic E-state index is -1.23. The summed E-state index contributed by atoms with van der Waals surface area (Å²) in [5, 5.41) is -0.305. The summed E-state index contributed by atoms with van der Waals surface area (Å²) in [7, 11) is 1.49. The molecule has 0 aromatic heterocycles. The van der Waals surface area contributed by atoms with Crippen LogP contribution in [0.4, 0.5) is 9.59 Å². The van der Waals surface area contributed by atoms with Crippen LogP contribution in [-0.2, 0) is 28.5 Å². The number of fused-ring (bicyclic) bond motifs is 1. The summed E-state index contributed by atoms with van der Waals surface area (Å²) in [6.07, 6.45) is -3.71. The first kappa shape index (κ1) is 23.3. The number of amides is 1. The van der Waals surface area contributed by atoms with Gasteiger partial charge < -0.3 is 29.4 Å². The summed E-state index contributed by atoms with van der Waals surface area (Å²) in [5.74, 6) is 0.179. The van der Waals surface area contributed by atoms with E-state index in [1.165, 1.54) is 30.7 Å². The van der Waals surface area contributed by atoms with Gasteiger partial charge in [-0.2, -0.15) is 0 Å². The van der Waals surface area contributed by atoms with Crippen LogP contribution in [0.2, 0.25) is 0 Å². The van der Waals surface area contributed by atoms with Gasteiger partial charge in [0.1, 0.15) is 11.4 Å². The summed E-state index contributed by atoms with van der Waals surface area (Å²) >= 11 is 1.46. The molecule has 154 valence electrons. The first-order valence-electron chi connectivity index (χ1n) is 7.91. The van der Waals surface area contributed by atoms with Crippen LogP contribution in [0.5, 0.6) is 0 Å². The Bertz CT molecular complexity index is 615. The molecule has 0 aromatic carbocycles. The van der Waals surface area contributed by atoms with Crippen LogP contribution >= 0.6 is 24.2 Å². The van der Waals surface area contributed by atoms with E-state index in [-0.39, 0.29) is 42.3 Å². The molecule has 0 spiro atoms. The fourth-order valence-corrected chi connectivity index (χ4v) is 3.57. The highest BCUT2D eigenvalue weighted by atomic mass is 35.5. The Morgan fingerprint density at radius 3 is 2.44 bits per heavy atom. The average Bonchev–Trinajstić information content (AvgIpc) is 2.54. The van der Waals surface area contributed by atoms with E-state index >= 15 is 0 Å². The first-order valence-corrected chi connectivity index (χ1v) is 8.96. The topological polar surface area (TPSA) is 127 Å². The van der Waals surface area contributed by atoms with Crippen molar-refractivity contribution < 1.29 is 38.1 Å². The van der Waals surface area contributed by atoms with E-state index in [9.17, 15) is 14.4 Å². The molecule has 1 saturated heterocycles. The molecule has 0 aliphatic carbocycles. The van der Waals surface area contributed by atoms with Crippen LogP contribution in [0.15, 0.2) is 11.5 Å². The van der Waals surface area contributed by atoms with Crippen molar-refractivity contribution in [2.45, 2.75) is 44.6 Å². The number of hydrogen-bond donors (Lipinski definition) is 1. The van der Waals surface area contributed by atoms with Crippen LogP contribution in [0.3, 0.4) is 0 Å². The monoisotopic (exact) mass is 426 g/mol. The van der Waals surface area contributed by atoms with Crippen molar-refractivity contribution in [3.05, 3.63) is 11.5 Å². The number of nitrogens with zero attached hydrogens (tertiary/aromatic N) is 1. The van der Waals surface area contributed by atoms with Crippen molar-refractivity contribution in [3.63, 3.8) is 0 Å². The summed E-state index contributed by atoms with van der Waals surface area (Å²) < 4.78 is 24.7. The second-order valence-corrected chi connectivity index (χ2v) is 6.95. The number of carbonyl (C=O) groups excluding carboxylic acids is 3. The number of rotatable bonds is 6. The van der Waals surface area contributed by atoms with Gasteiger partial charge in [-0.15, -0.1) is 24.2 Å². The molecule has 0 aromatic rings. The Morgan fingerprint density at radius 2 is 1.85 bits per heavy atom. The SMILES string of the molecule is COCC1=C(OC(=O)OC(C)OC(=O)OC(C)C)N2C(=O)[C@@H](N)[C@H]2SC1.Cl. The normalized spacial score (nSPS) is 22.3. The smallest absolute Gasteiger partial charge is 0.431 e. The second kappa shape index (κ2) is 10.0. The highest BCUT2D eigenvalue weighted by Gasteiger charge is 2.51. The van der Waals surface area contributed by atoms with Crippen molar-refractivity contribution in [2.24, 2.45) is 5.73 Å². The molecule has 2 N–H and O–H groups in total. The molecule has 1 amide bonds. The Morgan fingerprint density at radius 1 is 1.22 bits per heavy atom. The molecular formula is C15H23ClN2O8S. The fraction of sp³-hybridized carbons (Fsp3) is 0.667. The van der Waals surface area contributed by atoms with Gasteiger partial charge >= 0.3 is 12.3 Å². The molecule has 2 heterocycles. The molecule has 1 fully saturated rings. The number of methoxy groups -OCH3 is 1. The largest absolute Gasteiger partial charge is 0.518 e. The fourth-order valence-electron chi connectivity index (χ4n) is 2.32. The summed E-state index contributed by atoms with van der Waals surface area (Å²) in [6, 6.07) is -0.647. The van der Waals surface area contributed by atoms with Crippen molar-refractivity contribution in [2.75, 3.05) is 19.5 Å². The maximum Gasteiger partial charge on any atom is 0.518 e. The molecule has 12 heteroatoms. The van der Waals surface area contributed by atoms with Gasteiger partial charge in [0.15, 0.2) is 0 Å². The Hall–Kier alpha value is -1.69. The number of thioether (sulfide) groups is 1. The summed E-state index contributed by atoms with van der Waals surface area (Å²) in [4.78, 5) is 36.7. The van der Waals surface area contributed by atoms with Gasteiger partial charge in [-0.25, -0.2) is 9.59 Å². The van der Waals surface area contributed by atoms with E-state index < -0.39 is 24.6 Å². The molecule has 1 unspecified atom stereocenters. The molecule has 0 saturated carbocycles. The summed E-state index contributed by atoms with van der Waals surface area (Å²) in [5.41, 5.74) is 6.37. The Kier molecular flexibility index (Phi) is 8.66. The number of halogens is 1. The lowest BCUT2D eigenvalue weighted by molar-refractivity contribution is -0.145. The van der Waals surface area contributed by atoms with Crippen LogP contribution < -0.4 is 5.73 Å². The minimum absolute atomic E-state index is 0. The number of hydrogen-bond acceptors (Lipinski definition) is 10. The molecule has 27 heavy (non-hydrogen) atoms. The summed E-state index contributed by atoms with van der Waals surface area (Å²) in [6.45, 7) is 4.81. The zero-order valence-electron chi connectivity index (χ0n) is 15.3. The van der Waals surface area contributed by atoms with Gasteiger partial charge in [0, 0.05) is 25.4 Å². The number of nitrogens with two attached hydrogens (primary N) is 1. The quantitative estimate of drug-likeness (QED) is 0.379. The molecule has 2 aliphatic heterocycles. The second-order valence-electron chi connectivity index (χ2n) is 5.85. The van der Waals surface area contributed by atoms with E-state index in [4.69, 9.17) is 29.4 Å². The molecule has 0 radical (unpaired) electrons. The van der Waals surface area contributed by atoms with Crippen LogP contribution in [0, 0.1) is 0 Å². The molecule has 2 aliphatic rings. The van der Waals surface area contributed by atoms with Crippen molar-refractivity contribution in [3.8, 4) is 0 Å². The Labute approximate surface area is 167 Å². The zero-order chi connectivity index (χ0) is 19.4. The number of carbonyl (C=O) groups is 3. The van der Waals surface area contributed by atoms with E-state index in [2.05, 4.69) is 0 Å². The van der Waals surface area contributed by atoms with Gasteiger partial charge in [0.05, 0.1) is 12.7 Å². The van der Waals surface area contributed by atoms with Gasteiger partial charge in [-0.3, -0.25) is 9.69 Å². The third-order valence-corrected chi connectivity index (χ3v) is 4.75. The third kappa shape index (κ3) is 5.64. The maximum atomic E-state index is 12.0. The minimum Gasteiger partial charge on any atom is -0.431 e. The predicted molar refractivity (Wildman–Crippen MR) is 96.9 cm³/mol. The van der Waals surface area contributed by atoms with E-state index in [1.54, 1.807) is 13.8 Å². The van der Waals surface area contributed by atoms with Crippen LogP contribution in [-0.4, -0.2) is 66.4 Å². The van der Waals surface area contributed by atoms with Crippen molar-refractivity contribution in [1.82, 2.24) is 4.90 Å². The van der Waals surface area contributed by atoms with Gasteiger partial charge in [0.2, 0.25) is 11.8 Å². The lowest BCUT2D eigenvalue weighted by atomic mass is 10.1. The lowest BCUT2D eigenvalue weighted by Gasteiger charge is -2.47. The highest BCUT2D eigenvalue weighted by Crippen LogP contribution is 2.39. The number of β-lactam (4-membered cyclic amide) rings is 1. The van der Waals surface area contributed by atoms with E-state index in [1.807, 2.05) is 0 Å². The van der Waals surface area contributed by atoms with Crippen LogP contribution in [0.1, 0.15) is 20.8 Å². The van der Waals surface area contributed by atoms with Crippen LogP contribution in [0.25, 0.3) is 0 Å². The van der Waals surface area contributed by atoms with Gasteiger partial charge in [0.25, 0.3) is 6.29 Å². The number of ether oxygens (including phenoxy) is 5. The molecular weight excluding hydrogens is 404 g/mol. The molecule has 3 atom stereocenters. The average molecular weight is 427 g/mol. The predicted octanol–water partition coefficient (Wildman–Crippen LogP) is 1.57. The Balaban J connectivity index is 0.00000364. The molecule has 0 bridgehead atoms. The third-order valence-electron chi connectivity index (χ3n) is 3.39. The molecule has 2 rings (SSSR count). The molecule has 10 nitrogen and oxygen atoms in total. The zero-order valence-corrected chi connectivity index (χ0v) is 17.0. The van der Waals surface area contributed by atoms with Gasteiger partial charge in [-0.05, 0) is 13.8 Å². The highest BCUT2D eigenvalue weighted by molar-refractivity contribution is 8.00. The van der Waals surface area contributed by atoms with E-state index in [0.29, 0.717) is 11.3 Å². The van der Waals surface area contributed by atoms with Crippen molar-refractivity contribution in [1.29, 1.82) is 0 Å². The standard InChI is InChI=1S/C15H22N2O8S.ClH/c1-7(2)22-14(19)23-8(3)24-15(20)25-12-9(5-21-4)6-26-13-10(16)11(18)17(12)13;/h7-8,10,13H,5-6,16H2,1-4H3;1H/t8?,10-,13-;/m1./s1. The maximum absolute atomic E-state index is 12.0.